The first kappa shape index (κ1) is 12.8. The average Bonchev–Trinajstić information content (AvgIpc) is 2.85. The molecule has 0 aromatic carbocycles. The Bertz CT molecular complexity index is 386. The smallest absolute Gasteiger partial charge is 0.337 e. The van der Waals surface area contributed by atoms with Crippen LogP contribution < -0.4 is 0 Å². The summed E-state index contributed by atoms with van der Waals surface area (Å²) in [5, 5.41) is 0. The average molecular weight is 301 g/mol. The van der Waals surface area contributed by atoms with E-state index in [1.165, 1.54) is 7.11 Å². The number of carbonyl (C=O) groups is 1. The van der Waals surface area contributed by atoms with Crippen molar-refractivity contribution in [2.75, 3.05) is 7.11 Å². The van der Waals surface area contributed by atoms with Crippen molar-refractivity contribution in [2.24, 2.45) is 0 Å². The first-order valence-corrected chi connectivity index (χ1v) is 6.79. The minimum atomic E-state index is -0.550. The Balaban J connectivity index is 2.20. The van der Waals surface area contributed by atoms with E-state index in [9.17, 15) is 4.79 Å². The molecule has 17 heavy (non-hydrogen) atoms. The number of rotatable bonds is 5. The second kappa shape index (κ2) is 4.94. The van der Waals surface area contributed by atoms with Crippen LogP contribution in [-0.2, 0) is 14.3 Å². The molecule has 0 aromatic rings. The lowest BCUT2D eigenvalue weighted by Gasteiger charge is -2.25. The summed E-state index contributed by atoms with van der Waals surface area (Å²) in [6, 6.07) is 0. The third kappa shape index (κ3) is 2.08. The van der Waals surface area contributed by atoms with E-state index in [1.807, 2.05) is 12.2 Å². The van der Waals surface area contributed by atoms with E-state index in [4.69, 9.17) is 9.47 Å². The number of hydrogen-bond donors (Lipinski definition) is 0. The highest BCUT2D eigenvalue weighted by Gasteiger charge is 2.50. The van der Waals surface area contributed by atoms with Crippen LogP contribution in [0, 0.1) is 0 Å². The Morgan fingerprint density at radius 3 is 3.00 bits per heavy atom. The molecular weight excluding hydrogens is 284 g/mol. The standard InChI is InChI=1S/C13H17BrO3/c1-3-4-5-7-13-8-6-9(17-13)11(14)10(13)12(15)16-2/h6,8-9H,3-5,7H2,1-2H3. The summed E-state index contributed by atoms with van der Waals surface area (Å²) in [7, 11) is 1.41. The van der Waals surface area contributed by atoms with Gasteiger partial charge in [0.2, 0.25) is 0 Å². The first-order valence-electron chi connectivity index (χ1n) is 6.00. The lowest BCUT2D eigenvalue weighted by Crippen LogP contribution is -2.31. The molecule has 0 spiro atoms. The number of carbonyl (C=O) groups excluding carboxylic acids is 1. The minimum Gasteiger partial charge on any atom is -0.466 e. The molecule has 0 N–H and O–H groups in total. The first-order chi connectivity index (χ1) is 8.14. The number of unbranched alkanes of at least 4 members (excludes halogenated alkanes) is 2. The Kier molecular flexibility index (Phi) is 3.73. The van der Waals surface area contributed by atoms with Crippen LogP contribution >= 0.6 is 15.9 Å². The van der Waals surface area contributed by atoms with Gasteiger partial charge in [-0.15, -0.1) is 0 Å². The molecule has 2 aliphatic heterocycles. The maximum Gasteiger partial charge on any atom is 0.337 e. The molecule has 0 fully saturated rings. The number of methoxy groups -OCH3 is 1. The number of ether oxygens (including phenoxy) is 2. The highest BCUT2D eigenvalue weighted by atomic mass is 79.9. The highest BCUT2D eigenvalue weighted by molar-refractivity contribution is 9.11. The molecule has 94 valence electrons. The Hall–Kier alpha value is -0.610. The van der Waals surface area contributed by atoms with E-state index in [0.717, 1.165) is 30.2 Å². The second-order valence-corrected chi connectivity index (χ2v) is 5.31. The summed E-state index contributed by atoms with van der Waals surface area (Å²) in [5.74, 6) is -0.291. The van der Waals surface area contributed by atoms with Gasteiger partial charge in [-0.1, -0.05) is 41.8 Å². The monoisotopic (exact) mass is 300 g/mol. The lowest BCUT2D eigenvalue weighted by molar-refractivity contribution is -0.138. The molecule has 0 saturated heterocycles. The van der Waals surface area contributed by atoms with Gasteiger partial charge in [0.25, 0.3) is 0 Å². The molecule has 0 amide bonds. The van der Waals surface area contributed by atoms with Gasteiger partial charge in [0.15, 0.2) is 0 Å². The van der Waals surface area contributed by atoms with Gasteiger partial charge in [-0.3, -0.25) is 0 Å². The maximum atomic E-state index is 11.8. The third-order valence-electron chi connectivity index (χ3n) is 3.33. The molecule has 0 aliphatic carbocycles. The van der Waals surface area contributed by atoms with Gasteiger partial charge in [-0.25, -0.2) is 4.79 Å². The van der Waals surface area contributed by atoms with Crippen molar-refractivity contribution in [1.82, 2.24) is 0 Å². The molecule has 2 atom stereocenters. The normalized spacial score (nSPS) is 30.2. The van der Waals surface area contributed by atoms with Gasteiger partial charge in [-0.2, -0.15) is 0 Å². The fourth-order valence-corrected chi connectivity index (χ4v) is 3.19. The van der Waals surface area contributed by atoms with Crippen LogP contribution in [0.3, 0.4) is 0 Å². The summed E-state index contributed by atoms with van der Waals surface area (Å²) in [5.41, 5.74) is 0.0924. The van der Waals surface area contributed by atoms with Crippen LogP contribution in [0.1, 0.15) is 32.6 Å². The van der Waals surface area contributed by atoms with Crippen LogP contribution in [0.2, 0.25) is 0 Å². The second-order valence-electron chi connectivity index (χ2n) is 4.46. The van der Waals surface area contributed by atoms with Crippen LogP contribution in [-0.4, -0.2) is 24.8 Å². The largest absolute Gasteiger partial charge is 0.466 e. The van der Waals surface area contributed by atoms with Crippen molar-refractivity contribution in [3.8, 4) is 0 Å². The Labute approximate surface area is 110 Å². The maximum absolute atomic E-state index is 11.8. The molecule has 2 rings (SSSR count). The fraction of sp³-hybridized carbons (Fsp3) is 0.615. The van der Waals surface area contributed by atoms with Crippen molar-refractivity contribution in [2.45, 2.75) is 44.3 Å². The predicted molar refractivity (Wildman–Crippen MR) is 68.9 cm³/mol. The van der Waals surface area contributed by atoms with Crippen molar-refractivity contribution >= 4 is 21.9 Å². The van der Waals surface area contributed by atoms with Gasteiger partial charge < -0.3 is 9.47 Å². The van der Waals surface area contributed by atoms with E-state index in [1.54, 1.807) is 0 Å². The zero-order chi connectivity index (χ0) is 12.5. The molecule has 2 heterocycles. The summed E-state index contributed by atoms with van der Waals surface area (Å²) >= 11 is 3.45. The molecule has 0 aromatic heterocycles. The molecular formula is C13H17BrO3. The van der Waals surface area contributed by atoms with Crippen molar-refractivity contribution in [3.05, 3.63) is 22.2 Å². The van der Waals surface area contributed by atoms with Gasteiger partial charge in [0.05, 0.1) is 12.7 Å². The Morgan fingerprint density at radius 1 is 1.59 bits per heavy atom. The molecule has 2 aliphatic rings. The van der Waals surface area contributed by atoms with Gasteiger partial charge >= 0.3 is 5.97 Å². The summed E-state index contributed by atoms with van der Waals surface area (Å²) in [4.78, 5) is 11.8. The summed E-state index contributed by atoms with van der Waals surface area (Å²) < 4.78 is 11.6. The topological polar surface area (TPSA) is 35.5 Å². The van der Waals surface area contributed by atoms with Crippen LogP contribution in [0.15, 0.2) is 22.2 Å². The molecule has 2 bridgehead atoms. The van der Waals surface area contributed by atoms with Crippen molar-refractivity contribution < 1.29 is 14.3 Å². The number of esters is 1. The predicted octanol–water partition coefficient (Wildman–Crippen LogP) is 3.10. The van der Waals surface area contributed by atoms with E-state index >= 15 is 0 Å². The summed E-state index contributed by atoms with van der Waals surface area (Å²) in [6.45, 7) is 2.16. The number of halogens is 1. The van der Waals surface area contributed by atoms with Crippen LogP contribution in [0.25, 0.3) is 0 Å². The molecule has 3 nitrogen and oxygen atoms in total. The molecule has 0 saturated carbocycles. The van der Waals surface area contributed by atoms with Crippen LogP contribution in [0.5, 0.6) is 0 Å². The lowest BCUT2D eigenvalue weighted by atomic mass is 9.86. The van der Waals surface area contributed by atoms with Crippen molar-refractivity contribution in [1.29, 1.82) is 0 Å². The summed E-state index contributed by atoms with van der Waals surface area (Å²) in [6.07, 6.45) is 8.09. The number of hydrogen-bond acceptors (Lipinski definition) is 3. The van der Waals surface area contributed by atoms with E-state index in [0.29, 0.717) is 5.57 Å². The SMILES string of the molecule is CCCCCC12C=CC(O1)C(Br)=C2C(=O)OC. The van der Waals surface area contributed by atoms with Crippen molar-refractivity contribution in [3.63, 3.8) is 0 Å². The molecule has 2 unspecified atom stereocenters. The highest BCUT2D eigenvalue weighted by Crippen LogP contribution is 2.48. The zero-order valence-corrected chi connectivity index (χ0v) is 11.7. The molecule has 0 radical (unpaired) electrons. The van der Waals surface area contributed by atoms with Gasteiger partial charge in [0.1, 0.15) is 11.7 Å². The van der Waals surface area contributed by atoms with Gasteiger partial charge in [-0.05, 0) is 18.9 Å². The van der Waals surface area contributed by atoms with E-state index < -0.39 is 5.60 Å². The van der Waals surface area contributed by atoms with E-state index in [-0.39, 0.29) is 12.1 Å². The van der Waals surface area contributed by atoms with Gasteiger partial charge in [0, 0.05) is 4.48 Å². The Morgan fingerprint density at radius 2 is 2.35 bits per heavy atom. The van der Waals surface area contributed by atoms with Crippen LogP contribution in [0.4, 0.5) is 0 Å². The molecule has 4 heteroatoms. The minimum absolute atomic E-state index is 0.106. The number of fused-ring (bicyclic) bond motifs is 2. The van der Waals surface area contributed by atoms with E-state index in [2.05, 4.69) is 22.9 Å². The fourth-order valence-electron chi connectivity index (χ4n) is 2.45. The third-order valence-corrected chi connectivity index (χ3v) is 4.18. The zero-order valence-electron chi connectivity index (χ0n) is 10.2. The quantitative estimate of drug-likeness (QED) is 0.445.